The molecule has 0 saturated carbocycles. The first-order valence-corrected chi connectivity index (χ1v) is 6.98. The summed E-state index contributed by atoms with van der Waals surface area (Å²) in [6.07, 6.45) is 3.42. The van der Waals surface area contributed by atoms with Crippen molar-refractivity contribution in [2.45, 2.75) is 19.3 Å². The molecule has 1 aliphatic heterocycles. The van der Waals surface area contributed by atoms with E-state index in [0.29, 0.717) is 23.3 Å². The lowest BCUT2D eigenvalue weighted by Gasteiger charge is -2.22. The van der Waals surface area contributed by atoms with Gasteiger partial charge in [-0.2, -0.15) is 0 Å². The zero-order valence-corrected chi connectivity index (χ0v) is 11.6. The van der Waals surface area contributed by atoms with Crippen LogP contribution < -0.4 is 15.8 Å². The van der Waals surface area contributed by atoms with Gasteiger partial charge < -0.3 is 15.8 Å². The number of halogens is 1. The van der Waals surface area contributed by atoms with Crippen LogP contribution in [0.2, 0.25) is 5.02 Å². The number of nitrogens with two attached hydrogens (primary N) is 1. The van der Waals surface area contributed by atoms with Crippen LogP contribution >= 0.6 is 11.6 Å². The van der Waals surface area contributed by atoms with Gasteiger partial charge in [0.2, 0.25) is 0 Å². The molecule has 1 aromatic rings. The van der Waals surface area contributed by atoms with Gasteiger partial charge in [0.15, 0.2) is 0 Å². The number of piperidine rings is 1. The van der Waals surface area contributed by atoms with Gasteiger partial charge in [0.1, 0.15) is 5.75 Å². The van der Waals surface area contributed by atoms with Crippen molar-refractivity contribution >= 4 is 17.5 Å². The standard InChI is InChI=1S/C14H19ClN2O2/c15-11-4-1-5-12(13(11)14(16)18)19-8-6-10-3-2-7-17-9-10/h1,4-5,10,17H,2-3,6-9H2,(H2,16,18). The molecule has 19 heavy (non-hydrogen) atoms. The van der Waals surface area contributed by atoms with E-state index in [4.69, 9.17) is 22.1 Å². The summed E-state index contributed by atoms with van der Waals surface area (Å²) in [6.45, 7) is 2.73. The van der Waals surface area contributed by atoms with E-state index in [1.54, 1.807) is 18.2 Å². The van der Waals surface area contributed by atoms with Crippen LogP contribution in [0.4, 0.5) is 0 Å². The van der Waals surface area contributed by atoms with Crippen molar-refractivity contribution in [1.29, 1.82) is 0 Å². The summed E-state index contributed by atoms with van der Waals surface area (Å²) in [5.74, 6) is 0.564. The number of carbonyl (C=O) groups is 1. The minimum Gasteiger partial charge on any atom is -0.493 e. The van der Waals surface area contributed by atoms with E-state index >= 15 is 0 Å². The lowest BCUT2D eigenvalue weighted by molar-refractivity contribution is 0.0996. The second kappa shape index (κ2) is 6.78. The fraction of sp³-hybridized carbons (Fsp3) is 0.500. The zero-order valence-electron chi connectivity index (χ0n) is 10.8. The first-order valence-electron chi connectivity index (χ1n) is 6.60. The number of amides is 1. The third-order valence-corrected chi connectivity index (χ3v) is 3.72. The van der Waals surface area contributed by atoms with Crippen molar-refractivity contribution in [2.24, 2.45) is 11.7 Å². The topological polar surface area (TPSA) is 64.4 Å². The third-order valence-electron chi connectivity index (χ3n) is 3.40. The van der Waals surface area contributed by atoms with E-state index in [9.17, 15) is 4.79 Å². The summed E-state index contributed by atoms with van der Waals surface area (Å²) >= 11 is 5.96. The Balaban J connectivity index is 1.92. The van der Waals surface area contributed by atoms with Crippen LogP contribution in [-0.2, 0) is 0 Å². The smallest absolute Gasteiger partial charge is 0.253 e. The number of carbonyl (C=O) groups excluding carboxylic acids is 1. The Hall–Kier alpha value is -1.26. The molecule has 4 nitrogen and oxygen atoms in total. The summed E-state index contributed by atoms with van der Waals surface area (Å²) in [5.41, 5.74) is 5.59. The highest BCUT2D eigenvalue weighted by Gasteiger charge is 2.16. The van der Waals surface area contributed by atoms with E-state index in [1.807, 2.05) is 0 Å². The van der Waals surface area contributed by atoms with Gasteiger partial charge in [-0.1, -0.05) is 17.7 Å². The van der Waals surface area contributed by atoms with E-state index in [0.717, 1.165) is 19.5 Å². The van der Waals surface area contributed by atoms with Crippen LogP contribution in [-0.4, -0.2) is 25.6 Å². The zero-order chi connectivity index (χ0) is 13.7. The van der Waals surface area contributed by atoms with Gasteiger partial charge in [-0.05, 0) is 50.4 Å². The number of hydrogen-bond donors (Lipinski definition) is 2. The number of nitrogens with one attached hydrogen (secondary N) is 1. The van der Waals surface area contributed by atoms with E-state index in [2.05, 4.69) is 5.32 Å². The Labute approximate surface area is 118 Å². The molecule has 1 atom stereocenters. The average molecular weight is 283 g/mol. The molecule has 104 valence electrons. The molecule has 1 heterocycles. The molecule has 1 fully saturated rings. The second-order valence-electron chi connectivity index (χ2n) is 4.83. The number of primary amides is 1. The van der Waals surface area contributed by atoms with E-state index < -0.39 is 5.91 Å². The Morgan fingerprint density at radius 2 is 2.37 bits per heavy atom. The van der Waals surface area contributed by atoms with Gasteiger partial charge in [0.25, 0.3) is 5.91 Å². The van der Waals surface area contributed by atoms with Crippen molar-refractivity contribution in [3.8, 4) is 5.75 Å². The summed E-state index contributed by atoms with van der Waals surface area (Å²) in [6, 6.07) is 5.12. The summed E-state index contributed by atoms with van der Waals surface area (Å²) < 4.78 is 5.67. The van der Waals surface area contributed by atoms with Crippen molar-refractivity contribution in [3.63, 3.8) is 0 Å². The third kappa shape index (κ3) is 3.85. The molecule has 0 aliphatic carbocycles. The molecule has 0 aromatic heterocycles. The molecular formula is C14H19ClN2O2. The van der Waals surface area contributed by atoms with Gasteiger partial charge >= 0.3 is 0 Å². The van der Waals surface area contributed by atoms with Crippen molar-refractivity contribution in [2.75, 3.05) is 19.7 Å². The molecule has 1 amide bonds. The van der Waals surface area contributed by atoms with Gasteiger partial charge in [0.05, 0.1) is 17.2 Å². The number of ether oxygens (including phenoxy) is 1. The first-order chi connectivity index (χ1) is 9.18. The lowest BCUT2D eigenvalue weighted by Crippen LogP contribution is -2.30. The molecule has 1 aliphatic rings. The summed E-state index contributed by atoms with van der Waals surface area (Å²) in [5, 5.41) is 3.71. The van der Waals surface area contributed by atoms with Crippen LogP contribution in [0.15, 0.2) is 18.2 Å². The molecule has 0 bridgehead atoms. The van der Waals surface area contributed by atoms with E-state index in [-0.39, 0.29) is 5.56 Å². The Morgan fingerprint density at radius 3 is 3.05 bits per heavy atom. The van der Waals surface area contributed by atoms with Crippen molar-refractivity contribution in [3.05, 3.63) is 28.8 Å². The summed E-state index contributed by atoms with van der Waals surface area (Å²) in [4.78, 5) is 11.4. The fourth-order valence-corrected chi connectivity index (χ4v) is 2.63. The predicted octanol–water partition coefficient (Wildman–Crippen LogP) is 2.21. The van der Waals surface area contributed by atoms with Crippen LogP contribution in [0.5, 0.6) is 5.75 Å². The molecule has 1 aromatic carbocycles. The van der Waals surface area contributed by atoms with Crippen LogP contribution in [0.1, 0.15) is 29.6 Å². The minimum absolute atomic E-state index is 0.269. The Bertz CT molecular complexity index is 445. The summed E-state index contributed by atoms with van der Waals surface area (Å²) in [7, 11) is 0. The highest BCUT2D eigenvalue weighted by Crippen LogP contribution is 2.26. The molecule has 1 saturated heterocycles. The van der Waals surface area contributed by atoms with Gasteiger partial charge in [-0.25, -0.2) is 0 Å². The normalized spacial score (nSPS) is 19.1. The fourth-order valence-electron chi connectivity index (χ4n) is 2.37. The Kier molecular flexibility index (Phi) is 5.05. The predicted molar refractivity (Wildman–Crippen MR) is 75.7 cm³/mol. The Morgan fingerprint density at radius 1 is 1.53 bits per heavy atom. The minimum atomic E-state index is -0.556. The molecular weight excluding hydrogens is 264 g/mol. The maximum atomic E-state index is 11.4. The lowest BCUT2D eigenvalue weighted by atomic mass is 9.97. The van der Waals surface area contributed by atoms with Crippen LogP contribution in [0.25, 0.3) is 0 Å². The van der Waals surface area contributed by atoms with Crippen molar-refractivity contribution in [1.82, 2.24) is 5.32 Å². The molecule has 1 unspecified atom stereocenters. The van der Waals surface area contributed by atoms with Crippen LogP contribution in [0, 0.1) is 5.92 Å². The molecule has 5 heteroatoms. The monoisotopic (exact) mass is 282 g/mol. The maximum absolute atomic E-state index is 11.4. The quantitative estimate of drug-likeness (QED) is 0.870. The SMILES string of the molecule is NC(=O)c1c(Cl)cccc1OCCC1CCCNC1. The molecule has 2 rings (SSSR count). The highest BCUT2D eigenvalue weighted by molar-refractivity contribution is 6.34. The maximum Gasteiger partial charge on any atom is 0.253 e. The van der Waals surface area contributed by atoms with Gasteiger partial charge in [0, 0.05) is 0 Å². The van der Waals surface area contributed by atoms with Crippen molar-refractivity contribution < 1.29 is 9.53 Å². The molecule has 0 radical (unpaired) electrons. The van der Waals surface area contributed by atoms with E-state index in [1.165, 1.54) is 12.8 Å². The average Bonchev–Trinajstić information content (AvgIpc) is 2.39. The van der Waals surface area contributed by atoms with Gasteiger partial charge in [-0.15, -0.1) is 0 Å². The largest absolute Gasteiger partial charge is 0.493 e. The highest BCUT2D eigenvalue weighted by atomic mass is 35.5. The number of rotatable bonds is 5. The molecule has 3 N–H and O–H groups in total. The number of hydrogen-bond acceptors (Lipinski definition) is 3. The molecule has 0 spiro atoms. The number of benzene rings is 1. The second-order valence-corrected chi connectivity index (χ2v) is 5.23. The van der Waals surface area contributed by atoms with Gasteiger partial charge in [-0.3, -0.25) is 4.79 Å². The first kappa shape index (κ1) is 14.2. The van der Waals surface area contributed by atoms with Crippen LogP contribution in [0.3, 0.4) is 0 Å².